The lowest BCUT2D eigenvalue weighted by atomic mass is 9.90. The number of aliphatic hydroxyl groups is 1. The normalized spacial score (nSPS) is 22.9. The van der Waals surface area contributed by atoms with Gasteiger partial charge in [-0.15, -0.1) is 0 Å². The monoisotopic (exact) mass is 281 g/mol. The van der Waals surface area contributed by atoms with E-state index in [0.29, 0.717) is 5.75 Å². The summed E-state index contributed by atoms with van der Waals surface area (Å²) in [6.45, 7) is 1.08. The van der Waals surface area contributed by atoms with Crippen LogP contribution >= 0.6 is 0 Å². The Morgan fingerprint density at radius 2 is 1.75 bits per heavy atom. The van der Waals surface area contributed by atoms with Gasteiger partial charge < -0.3 is 24.2 Å². The Kier molecular flexibility index (Phi) is 4.73. The van der Waals surface area contributed by atoms with E-state index in [-0.39, 0.29) is 18.6 Å². The molecule has 0 aromatic heterocycles. The Bertz CT molecular complexity index is 438. The predicted molar refractivity (Wildman–Crippen MR) is 77.0 cm³/mol. The lowest BCUT2D eigenvalue weighted by molar-refractivity contribution is 0.171. The second kappa shape index (κ2) is 6.33. The third-order valence-electron chi connectivity index (χ3n) is 4.13. The number of benzene rings is 1. The van der Waals surface area contributed by atoms with Gasteiger partial charge in [-0.3, -0.25) is 0 Å². The van der Waals surface area contributed by atoms with Crippen LogP contribution in [-0.2, 0) is 0 Å². The van der Waals surface area contributed by atoms with Crippen LogP contribution in [0.3, 0.4) is 0 Å². The first-order chi connectivity index (χ1) is 9.65. The Morgan fingerprint density at radius 1 is 1.15 bits per heavy atom. The molecule has 1 fully saturated rings. The maximum Gasteiger partial charge on any atom is 0.129 e. The van der Waals surface area contributed by atoms with Crippen LogP contribution in [0.25, 0.3) is 0 Å². The molecule has 0 saturated carbocycles. The minimum absolute atomic E-state index is 0.0891. The minimum atomic E-state index is 0.0891. The number of methoxy groups -OCH3 is 3. The summed E-state index contributed by atoms with van der Waals surface area (Å²) in [5, 5.41) is 9.65. The summed E-state index contributed by atoms with van der Waals surface area (Å²) < 4.78 is 16.3. The molecule has 1 aromatic rings. The van der Waals surface area contributed by atoms with E-state index < -0.39 is 0 Å². The van der Waals surface area contributed by atoms with Crippen molar-refractivity contribution in [2.45, 2.75) is 18.4 Å². The van der Waals surface area contributed by atoms with Crippen LogP contribution in [0.5, 0.6) is 17.2 Å². The van der Waals surface area contributed by atoms with E-state index in [9.17, 15) is 5.11 Å². The third kappa shape index (κ3) is 2.55. The molecule has 1 saturated heterocycles. The van der Waals surface area contributed by atoms with E-state index in [0.717, 1.165) is 30.0 Å². The molecule has 0 aliphatic carbocycles. The average molecular weight is 281 g/mol. The Morgan fingerprint density at radius 3 is 2.20 bits per heavy atom. The fraction of sp³-hybridized carbons (Fsp3) is 0.600. The van der Waals surface area contributed by atoms with Gasteiger partial charge in [-0.2, -0.15) is 0 Å². The average Bonchev–Trinajstić information content (AvgIpc) is 2.85. The first kappa shape index (κ1) is 14.9. The molecule has 1 aliphatic rings. The number of hydrogen-bond donors (Lipinski definition) is 1. The van der Waals surface area contributed by atoms with Gasteiger partial charge in [0, 0.05) is 29.7 Å². The van der Waals surface area contributed by atoms with Crippen molar-refractivity contribution in [1.82, 2.24) is 4.90 Å². The van der Waals surface area contributed by atoms with Crippen molar-refractivity contribution in [2.75, 3.05) is 41.5 Å². The van der Waals surface area contributed by atoms with Crippen molar-refractivity contribution >= 4 is 0 Å². The molecule has 5 nitrogen and oxygen atoms in total. The fourth-order valence-electron chi connectivity index (χ4n) is 3.01. The largest absolute Gasteiger partial charge is 0.496 e. The fourth-order valence-corrected chi connectivity index (χ4v) is 3.01. The molecule has 1 heterocycles. The predicted octanol–water partition coefficient (Wildman–Crippen LogP) is 1.49. The topological polar surface area (TPSA) is 51.2 Å². The molecule has 2 atom stereocenters. The summed E-state index contributed by atoms with van der Waals surface area (Å²) in [5.41, 5.74) is 1.01. The Balaban J connectivity index is 2.49. The molecule has 112 valence electrons. The molecule has 20 heavy (non-hydrogen) atoms. The molecule has 0 bridgehead atoms. The van der Waals surface area contributed by atoms with Crippen molar-refractivity contribution in [2.24, 2.45) is 0 Å². The summed E-state index contributed by atoms with van der Waals surface area (Å²) in [6, 6.07) is 3.82. The number of likely N-dealkylation sites (tertiary alicyclic amines) is 1. The maximum absolute atomic E-state index is 9.65. The van der Waals surface area contributed by atoms with Crippen LogP contribution in [0.15, 0.2) is 12.1 Å². The van der Waals surface area contributed by atoms with Gasteiger partial charge >= 0.3 is 0 Å². The maximum atomic E-state index is 9.65. The van der Waals surface area contributed by atoms with Crippen LogP contribution in [0.4, 0.5) is 0 Å². The van der Waals surface area contributed by atoms with Gasteiger partial charge in [-0.05, 0) is 20.0 Å². The molecule has 0 radical (unpaired) electrons. The first-order valence-corrected chi connectivity index (χ1v) is 6.77. The van der Waals surface area contributed by atoms with Crippen LogP contribution in [-0.4, -0.2) is 57.6 Å². The van der Waals surface area contributed by atoms with Gasteiger partial charge in [-0.1, -0.05) is 0 Å². The molecule has 2 rings (SSSR count). The zero-order valence-electron chi connectivity index (χ0n) is 12.5. The Hall–Kier alpha value is -1.46. The lowest BCUT2D eigenvalue weighted by Crippen LogP contribution is -2.32. The van der Waals surface area contributed by atoms with Gasteiger partial charge in [0.25, 0.3) is 0 Å². The smallest absolute Gasteiger partial charge is 0.129 e. The van der Waals surface area contributed by atoms with E-state index >= 15 is 0 Å². The molecular formula is C15H23NO4. The highest BCUT2D eigenvalue weighted by atomic mass is 16.5. The number of aliphatic hydroxyl groups excluding tert-OH is 1. The van der Waals surface area contributed by atoms with Crippen molar-refractivity contribution in [3.8, 4) is 17.2 Å². The van der Waals surface area contributed by atoms with E-state index in [1.165, 1.54) is 0 Å². The number of hydrogen-bond acceptors (Lipinski definition) is 5. The molecule has 1 aromatic carbocycles. The zero-order valence-corrected chi connectivity index (χ0v) is 12.5. The number of ether oxygens (including phenoxy) is 3. The van der Waals surface area contributed by atoms with Crippen molar-refractivity contribution in [1.29, 1.82) is 0 Å². The lowest BCUT2D eigenvalue weighted by Gasteiger charge is -2.26. The van der Waals surface area contributed by atoms with Crippen LogP contribution in [0.2, 0.25) is 0 Å². The van der Waals surface area contributed by atoms with Crippen LogP contribution in [0, 0.1) is 0 Å². The van der Waals surface area contributed by atoms with Gasteiger partial charge in [0.1, 0.15) is 17.2 Å². The van der Waals surface area contributed by atoms with Crippen LogP contribution in [0.1, 0.15) is 17.9 Å². The molecule has 5 heteroatoms. The van der Waals surface area contributed by atoms with E-state index in [2.05, 4.69) is 4.90 Å². The summed E-state index contributed by atoms with van der Waals surface area (Å²) in [6.07, 6.45) is 0.973. The van der Waals surface area contributed by atoms with E-state index in [1.807, 2.05) is 19.2 Å². The van der Waals surface area contributed by atoms with Crippen molar-refractivity contribution in [3.05, 3.63) is 17.7 Å². The zero-order chi connectivity index (χ0) is 14.7. The summed E-state index contributed by atoms with van der Waals surface area (Å²) in [7, 11) is 6.94. The number of nitrogens with zero attached hydrogens (tertiary/aromatic N) is 1. The summed E-state index contributed by atoms with van der Waals surface area (Å²) in [4.78, 5) is 2.17. The van der Waals surface area contributed by atoms with Crippen LogP contribution < -0.4 is 14.2 Å². The quantitative estimate of drug-likeness (QED) is 0.886. The van der Waals surface area contributed by atoms with E-state index in [1.54, 1.807) is 21.3 Å². The van der Waals surface area contributed by atoms with Gasteiger partial charge in [0.05, 0.1) is 27.9 Å². The second-order valence-electron chi connectivity index (χ2n) is 5.07. The van der Waals surface area contributed by atoms with E-state index in [4.69, 9.17) is 14.2 Å². The molecule has 0 amide bonds. The highest BCUT2D eigenvalue weighted by molar-refractivity contribution is 5.53. The molecular weight excluding hydrogens is 258 g/mol. The summed E-state index contributed by atoms with van der Waals surface area (Å²) in [5.74, 6) is 2.40. The summed E-state index contributed by atoms with van der Waals surface area (Å²) >= 11 is 0. The molecule has 0 unspecified atom stereocenters. The standard InChI is InChI=1S/C15H23NO4/c1-16-6-5-11(12(16)9-17)15-13(19-3)7-10(18-2)8-14(15)20-4/h7-8,11-12,17H,5-6,9H2,1-4H3/t11-,12-/m0/s1. The van der Waals surface area contributed by atoms with Gasteiger partial charge in [-0.25, -0.2) is 0 Å². The Labute approximate surface area is 120 Å². The van der Waals surface area contributed by atoms with Gasteiger partial charge in [0.2, 0.25) is 0 Å². The van der Waals surface area contributed by atoms with Crippen molar-refractivity contribution in [3.63, 3.8) is 0 Å². The third-order valence-corrected chi connectivity index (χ3v) is 4.13. The SMILES string of the molecule is COc1cc(OC)c([C@H]2CCN(C)[C@H]2CO)c(OC)c1. The molecule has 0 spiro atoms. The minimum Gasteiger partial charge on any atom is -0.496 e. The number of likely N-dealkylation sites (N-methyl/N-ethyl adjacent to an activating group) is 1. The van der Waals surface area contributed by atoms with Gasteiger partial charge in [0.15, 0.2) is 0 Å². The second-order valence-corrected chi connectivity index (χ2v) is 5.07. The highest BCUT2D eigenvalue weighted by Crippen LogP contribution is 2.44. The molecule has 1 aliphatic heterocycles. The number of rotatable bonds is 5. The first-order valence-electron chi connectivity index (χ1n) is 6.77. The molecule has 1 N–H and O–H groups in total. The highest BCUT2D eigenvalue weighted by Gasteiger charge is 2.36. The van der Waals surface area contributed by atoms with Crippen molar-refractivity contribution < 1.29 is 19.3 Å².